The molecule has 0 aliphatic carbocycles. The second-order valence-corrected chi connectivity index (χ2v) is 6.55. The number of halogens is 1. The van der Waals surface area contributed by atoms with Crippen LogP contribution in [0.4, 0.5) is 0 Å². The highest BCUT2D eigenvalue weighted by atomic mass is 35.5. The van der Waals surface area contributed by atoms with Gasteiger partial charge in [-0.05, 0) is 5.92 Å². The van der Waals surface area contributed by atoms with Gasteiger partial charge < -0.3 is 0 Å². The van der Waals surface area contributed by atoms with E-state index < -0.39 is 0 Å². The SMILES string of the molecule is CC(C)SSC(/C=C/Cl)C(C)C. The van der Waals surface area contributed by atoms with Gasteiger partial charge in [-0.15, -0.1) is 0 Å². The van der Waals surface area contributed by atoms with E-state index in [0.717, 1.165) is 0 Å². The van der Waals surface area contributed by atoms with E-state index in [2.05, 4.69) is 33.8 Å². The first-order valence-electron chi connectivity index (χ1n) is 4.17. The maximum atomic E-state index is 5.55. The molecule has 0 aromatic rings. The number of hydrogen-bond donors (Lipinski definition) is 0. The zero-order valence-corrected chi connectivity index (χ0v) is 10.5. The highest BCUT2D eigenvalue weighted by Crippen LogP contribution is 2.34. The van der Waals surface area contributed by atoms with Gasteiger partial charge in [-0.1, -0.05) is 67.0 Å². The molecule has 0 fully saturated rings. The molecule has 0 saturated heterocycles. The van der Waals surface area contributed by atoms with E-state index in [0.29, 0.717) is 16.4 Å². The summed E-state index contributed by atoms with van der Waals surface area (Å²) in [6, 6.07) is 0. The van der Waals surface area contributed by atoms with Crippen LogP contribution in [0.3, 0.4) is 0 Å². The van der Waals surface area contributed by atoms with Crippen LogP contribution in [0.15, 0.2) is 11.6 Å². The molecule has 0 spiro atoms. The Morgan fingerprint density at radius 3 is 2.00 bits per heavy atom. The van der Waals surface area contributed by atoms with Crippen LogP contribution in [0.2, 0.25) is 0 Å². The van der Waals surface area contributed by atoms with Crippen molar-refractivity contribution in [2.75, 3.05) is 0 Å². The van der Waals surface area contributed by atoms with Crippen LogP contribution in [-0.2, 0) is 0 Å². The fourth-order valence-electron chi connectivity index (χ4n) is 0.612. The molecule has 0 aromatic heterocycles. The third kappa shape index (κ3) is 6.27. The van der Waals surface area contributed by atoms with Crippen molar-refractivity contribution in [3.05, 3.63) is 11.6 Å². The average Bonchev–Trinajstić information content (AvgIpc) is 1.96. The molecule has 0 nitrogen and oxygen atoms in total. The molecule has 1 unspecified atom stereocenters. The summed E-state index contributed by atoms with van der Waals surface area (Å²) in [6.07, 6.45) is 2.06. The van der Waals surface area contributed by atoms with Gasteiger partial charge >= 0.3 is 0 Å². The topological polar surface area (TPSA) is 0 Å². The van der Waals surface area contributed by atoms with Gasteiger partial charge in [0.1, 0.15) is 0 Å². The molecule has 72 valence electrons. The van der Waals surface area contributed by atoms with Gasteiger partial charge in [-0.3, -0.25) is 0 Å². The Hall–Kier alpha value is 0.730. The first-order valence-corrected chi connectivity index (χ1v) is 6.88. The van der Waals surface area contributed by atoms with Gasteiger partial charge in [-0.2, -0.15) is 0 Å². The van der Waals surface area contributed by atoms with Crippen LogP contribution in [0, 0.1) is 5.92 Å². The van der Waals surface area contributed by atoms with Crippen LogP contribution in [0.1, 0.15) is 27.7 Å². The maximum absolute atomic E-state index is 5.55. The summed E-state index contributed by atoms with van der Waals surface area (Å²) in [5.41, 5.74) is 1.62. The number of hydrogen-bond acceptors (Lipinski definition) is 2. The summed E-state index contributed by atoms with van der Waals surface area (Å²) < 4.78 is 0. The summed E-state index contributed by atoms with van der Waals surface area (Å²) in [7, 11) is 3.82. The highest BCUT2D eigenvalue weighted by Gasteiger charge is 2.11. The fraction of sp³-hybridized carbons (Fsp3) is 0.778. The quantitative estimate of drug-likeness (QED) is 0.629. The van der Waals surface area contributed by atoms with E-state index in [4.69, 9.17) is 11.6 Å². The van der Waals surface area contributed by atoms with E-state index in [1.54, 1.807) is 5.54 Å². The molecule has 0 radical (unpaired) electrons. The first kappa shape index (κ1) is 12.7. The van der Waals surface area contributed by atoms with Crippen molar-refractivity contribution in [1.82, 2.24) is 0 Å². The lowest BCUT2D eigenvalue weighted by Gasteiger charge is -2.16. The molecule has 0 amide bonds. The average molecular weight is 225 g/mol. The smallest absolute Gasteiger partial charge is 0.0365 e. The second-order valence-electron chi connectivity index (χ2n) is 3.27. The van der Waals surface area contributed by atoms with E-state index in [9.17, 15) is 0 Å². The molecule has 0 saturated carbocycles. The standard InChI is InChI=1S/C9H17ClS2/c1-7(2)9(5-6-10)12-11-8(3)4/h5-9H,1-4H3/b6-5+. The lowest BCUT2D eigenvalue weighted by Crippen LogP contribution is -2.06. The van der Waals surface area contributed by atoms with Crippen molar-refractivity contribution in [2.24, 2.45) is 5.92 Å². The third-order valence-corrected chi connectivity index (χ3v) is 5.00. The zero-order valence-electron chi connectivity index (χ0n) is 8.08. The Balaban J connectivity index is 3.79. The van der Waals surface area contributed by atoms with Gasteiger partial charge in [0.25, 0.3) is 0 Å². The Bertz CT molecular complexity index is 132. The molecule has 0 aliphatic rings. The molecule has 3 heteroatoms. The molecule has 0 N–H and O–H groups in total. The Kier molecular flexibility index (Phi) is 7.60. The predicted molar refractivity (Wildman–Crippen MR) is 63.9 cm³/mol. The minimum atomic E-state index is 0.537. The monoisotopic (exact) mass is 224 g/mol. The van der Waals surface area contributed by atoms with E-state index >= 15 is 0 Å². The largest absolute Gasteiger partial charge is 0.0933 e. The van der Waals surface area contributed by atoms with Crippen molar-refractivity contribution in [1.29, 1.82) is 0 Å². The minimum Gasteiger partial charge on any atom is -0.0933 e. The van der Waals surface area contributed by atoms with Crippen molar-refractivity contribution < 1.29 is 0 Å². The molecule has 1 atom stereocenters. The Labute approximate surface area is 88.9 Å². The number of rotatable bonds is 5. The summed E-state index contributed by atoms with van der Waals surface area (Å²) >= 11 is 5.55. The van der Waals surface area contributed by atoms with Gasteiger partial charge in [0.15, 0.2) is 0 Å². The van der Waals surface area contributed by atoms with E-state index in [-0.39, 0.29) is 0 Å². The van der Waals surface area contributed by atoms with Crippen LogP contribution >= 0.6 is 33.2 Å². The van der Waals surface area contributed by atoms with Crippen molar-refractivity contribution in [3.8, 4) is 0 Å². The maximum Gasteiger partial charge on any atom is 0.0365 e. The summed E-state index contributed by atoms with van der Waals surface area (Å²) in [6.45, 7) is 8.85. The van der Waals surface area contributed by atoms with Crippen LogP contribution in [0.5, 0.6) is 0 Å². The van der Waals surface area contributed by atoms with Gasteiger partial charge in [0.2, 0.25) is 0 Å². The fourth-order valence-corrected chi connectivity index (χ4v) is 3.48. The first-order chi connectivity index (χ1) is 5.57. The second kappa shape index (κ2) is 7.16. The molecule has 12 heavy (non-hydrogen) atoms. The van der Waals surface area contributed by atoms with Crippen molar-refractivity contribution >= 4 is 33.2 Å². The molecular formula is C9H17ClS2. The molecule has 0 aliphatic heterocycles. The Morgan fingerprint density at radius 1 is 1.08 bits per heavy atom. The summed E-state index contributed by atoms with van der Waals surface area (Å²) in [4.78, 5) is 0. The van der Waals surface area contributed by atoms with Gasteiger partial charge in [0, 0.05) is 16.0 Å². The van der Waals surface area contributed by atoms with Crippen LogP contribution in [0.25, 0.3) is 0 Å². The van der Waals surface area contributed by atoms with Crippen molar-refractivity contribution in [2.45, 2.75) is 38.2 Å². The van der Waals surface area contributed by atoms with Gasteiger partial charge in [-0.25, -0.2) is 0 Å². The zero-order chi connectivity index (χ0) is 9.56. The lowest BCUT2D eigenvalue weighted by molar-refractivity contribution is 0.681. The predicted octanol–water partition coefficient (Wildman–Crippen LogP) is 4.55. The van der Waals surface area contributed by atoms with E-state index in [1.807, 2.05) is 21.6 Å². The minimum absolute atomic E-state index is 0.537. The summed E-state index contributed by atoms with van der Waals surface area (Å²) in [5, 5.41) is 1.22. The third-order valence-electron chi connectivity index (χ3n) is 1.28. The van der Waals surface area contributed by atoms with Crippen molar-refractivity contribution in [3.63, 3.8) is 0 Å². The normalized spacial score (nSPS) is 14.9. The molecule has 0 bridgehead atoms. The van der Waals surface area contributed by atoms with E-state index in [1.165, 1.54) is 0 Å². The highest BCUT2D eigenvalue weighted by molar-refractivity contribution is 8.77. The molecular weight excluding hydrogens is 208 g/mol. The van der Waals surface area contributed by atoms with Gasteiger partial charge in [0.05, 0.1) is 0 Å². The molecule has 0 aromatic carbocycles. The van der Waals surface area contributed by atoms with Crippen LogP contribution < -0.4 is 0 Å². The summed E-state index contributed by atoms with van der Waals surface area (Å²) in [5.74, 6) is 0.649. The van der Waals surface area contributed by atoms with Crippen LogP contribution in [-0.4, -0.2) is 10.5 Å². The lowest BCUT2D eigenvalue weighted by atomic mass is 10.1. The molecule has 0 rings (SSSR count). The molecule has 0 heterocycles. The Morgan fingerprint density at radius 2 is 1.67 bits per heavy atom.